The Kier molecular flexibility index (Phi) is 4.42. The third kappa shape index (κ3) is 3.50. The van der Waals surface area contributed by atoms with E-state index in [-0.39, 0.29) is 19.1 Å². The summed E-state index contributed by atoms with van der Waals surface area (Å²) in [4.78, 5) is 34.7. The molecule has 0 spiro atoms. The summed E-state index contributed by atoms with van der Waals surface area (Å²) < 4.78 is 10.1. The maximum Gasteiger partial charge on any atom is 0.328 e. The molecule has 7 heteroatoms. The van der Waals surface area contributed by atoms with Crippen LogP contribution in [0.2, 0.25) is 0 Å². The van der Waals surface area contributed by atoms with Crippen LogP contribution >= 0.6 is 0 Å². The zero-order chi connectivity index (χ0) is 15.4. The van der Waals surface area contributed by atoms with Gasteiger partial charge in [0.15, 0.2) is 6.61 Å². The molecule has 2 N–H and O–H groups in total. The Balaban J connectivity index is 2.06. The fourth-order valence-electron chi connectivity index (χ4n) is 1.82. The molecule has 1 aliphatic heterocycles. The molecule has 1 aromatic carbocycles. The summed E-state index contributed by atoms with van der Waals surface area (Å²) >= 11 is 0. The van der Waals surface area contributed by atoms with Crippen molar-refractivity contribution >= 4 is 23.5 Å². The van der Waals surface area contributed by atoms with E-state index in [1.165, 1.54) is 6.07 Å². The molecule has 0 saturated heterocycles. The van der Waals surface area contributed by atoms with Gasteiger partial charge in [-0.25, -0.2) is 4.79 Å². The van der Waals surface area contributed by atoms with Crippen LogP contribution in [0, 0.1) is 0 Å². The molecule has 0 radical (unpaired) electrons. The first-order valence-electron chi connectivity index (χ1n) is 6.55. The second-order valence-corrected chi connectivity index (χ2v) is 4.49. The van der Waals surface area contributed by atoms with Gasteiger partial charge in [-0.05, 0) is 32.0 Å². The van der Waals surface area contributed by atoms with Gasteiger partial charge in [-0.3, -0.25) is 9.59 Å². The van der Waals surface area contributed by atoms with Crippen LogP contribution in [0.3, 0.4) is 0 Å². The molecule has 0 saturated carbocycles. The molecule has 7 nitrogen and oxygen atoms in total. The van der Waals surface area contributed by atoms with E-state index in [0.29, 0.717) is 17.0 Å². The van der Waals surface area contributed by atoms with E-state index >= 15 is 0 Å². The van der Waals surface area contributed by atoms with Crippen LogP contribution in [-0.2, 0) is 14.3 Å². The highest BCUT2D eigenvalue weighted by molar-refractivity contribution is 6.00. The Morgan fingerprint density at radius 3 is 2.95 bits per heavy atom. The van der Waals surface area contributed by atoms with Gasteiger partial charge in [0, 0.05) is 5.56 Å². The number of carbonyl (C=O) groups is 3. The summed E-state index contributed by atoms with van der Waals surface area (Å²) in [5, 5.41) is 5.17. The lowest BCUT2D eigenvalue weighted by Crippen LogP contribution is -2.39. The van der Waals surface area contributed by atoms with Gasteiger partial charge in [0.25, 0.3) is 11.8 Å². The topological polar surface area (TPSA) is 93.7 Å². The number of ether oxygens (including phenoxy) is 2. The molecule has 1 aromatic rings. The number of benzene rings is 1. The molecule has 2 amide bonds. The van der Waals surface area contributed by atoms with Crippen molar-refractivity contribution in [2.75, 3.05) is 18.5 Å². The van der Waals surface area contributed by atoms with Crippen molar-refractivity contribution < 1.29 is 23.9 Å². The Morgan fingerprint density at radius 2 is 2.24 bits per heavy atom. The average Bonchev–Trinajstić information content (AvgIpc) is 2.46. The molecule has 0 bridgehead atoms. The zero-order valence-corrected chi connectivity index (χ0v) is 11.8. The third-order valence-electron chi connectivity index (χ3n) is 2.86. The first-order valence-corrected chi connectivity index (χ1v) is 6.55. The van der Waals surface area contributed by atoms with Gasteiger partial charge in [0.2, 0.25) is 0 Å². The highest BCUT2D eigenvalue weighted by Crippen LogP contribution is 2.28. The van der Waals surface area contributed by atoms with E-state index in [1.54, 1.807) is 26.0 Å². The first-order chi connectivity index (χ1) is 10.0. The maximum atomic E-state index is 12.1. The third-order valence-corrected chi connectivity index (χ3v) is 2.86. The molecule has 1 aliphatic rings. The van der Waals surface area contributed by atoms with E-state index in [0.717, 1.165) is 0 Å². The molecule has 112 valence electrons. The summed E-state index contributed by atoms with van der Waals surface area (Å²) in [6, 6.07) is 3.90. The van der Waals surface area contributed by atoms with Gasteiger partial charge in [0.05, 0.1) is 12.3 Å². The fourth-order valence-corrected chi connectivity index (χ4v) is 1.82. The summed E-state index contributed by atoms with van der Waals surface area (Å²) in [6.07, 6.45) is 0. The molecule has 1 atom stereocenters. The van der Waals surface area contributed by atoms with Crippen LogP contribution in [0.1, 0.15) is 24.2 Å². The molecule has 1 heterocycles. The Hall–Kier alpha value is -2.57. The molecular formula is C14H16N2O5. The number of esters is 1. The molecule has 0 aromatic heterocycles. The summed E-state index contributed by atoms with van der Waals surface area (Å²) in [6.45, 7) is 3.41. The van der Waals surface area contributed by atoms with Crippen molar-refractivity contribution in [3.05, 3.63) is 23.8 Å². The number of fused-ring (bicyclic) bond motifs is 1. The lowest BCUT2D eigenvalue weighted by atomic mass is 10.1. The minimum atomic E-state index is -0.742. The van der Waals surface area contributed by atoms with E-state index in [2.05, 4.69) is 10.6 Å². The number of anilines is 1. The molecule has 0 fully saturated rings. The highest BCUT2D eigenvalue weighted by Gasteiger charge is 2.20. The number of hydrogen-bond acceptors (Lipinski definition) is 5. The van der Waals surface area contributed by atoms with Gasteiger partial charge in [-0.1, -0.05) is 0 Å². The van der Waals surface area contributed by atoms with Crippen LogP contribution in [-0.4, -0.2) is 37.0 Å². The van der Waals surface area contributed by atoms with Crippen molar-refractivity contribution in [3.8, 4) is 5.75 Å². The number of rotatable bonds is 4. The molecule has 0 aliphatic carbocycles. The van der Waals surface area contributed by atoms with E-state index in [4.69, 9.17) is 9.47 Å². The quantitative estimate of drug-likeness (QED) is 0.797. The lowest BCUT2D eigenvalue weighted by molar-refractivity contribution is -0.144. The zero-order valence-electron chi connectivity index (χ0n) is 11.8. The minimum absolute atomic E-state index is 0.0860. The van der Waals surface area contributed by atoms with E-state index in [1.807, 2.05) is 0 Å². The van der Waals surface area contributed by atoms with Gasteiger partial charge in [0.1, 0.15) is 11.8 Å². The van der Waals surface area contributed by atoms with Crippen LogP contribution in [0.5, 0.6) is 5.75 Å². The predicted molar refractivity (Wildman–Crippen MR) is 74.1 cm³/mol. The first kappa shape index (κ1) is 14.8. The van der Waals surface area contributed by atoms with Crippen molar-refractivity contribution in [1.82, 2.24) is 5.32 Å². The number of amides is 2. The Bertz CT molecular complexity index is 585. The van der Waals surface area contributed by atoms with Gasteiger partial charge >= 0.3 is 5.97 Å². The fraction of sp³-hybridized carbons (Fsp3) is 0.357. The Morgan fingerprint density at radius 1 is 1.48 bits per heavy atom. The lowest BCUT2D eigenvalue weighted by Gasteiger charge is -2.19. The highest BCUT2D eigenvalue weighted by atomic mass is 16.5. The van der Waals surface area contributed by atoms with Crippen LogP contribution in [0.25, 0.3) is 0 Å². The average molecular weight is 292 g/mol. The summed E-state index contributed by atoms with van der Waals surface area (Å²) in [5.41, 5.74) is 0.849. The molecule has 21 heavy (non-hydrogen) atoms. The van der Waals surface area contributed by atoms with Crippen LogP contribution < -0.4 is 15.4 Å². The van der Waals surface area contributed by atoms with Gasteiger partial charge in [-0.2, -0.15) is 0 Å². The number of nitrogens with one attached hydrogen (secondary N) is 2. The van der Waals surface area contributed by atoms with Gasteiger partial charge in [-0.15, -0.1) is 0 Å². The van der Waals surface area contributed by atoms with Crippen LogP contribution in [0.4, 0.5) is 5.69 Å². The Labute approximate surface area is 121 Å². The monoisotopic (exact) mass is 292 g/mol. The normalized spacial score (nSPS) is 14.3. The second kappa shape index (κ2) is 6.25. The number of hydrogen-bond donors (Lipinski definition) is 2. The number of carbonyl (C=O) groups excluding carboxylic acids is 3. The molecule has 2 rings (SSSR count). The minimum Gasteiger partial charge on any atom is -0.482 e. The SMILES string of the molecule is CCOC(=O)C(C)NC(=O)c1ccc2c(c1)OCC(=O)N2. The molecule has 1 unspecified atom stereocenters. The summed E-state index contributed by atoms with van der Waals surface area (Å²) in [5.74, 6) is -0.729. The second-order valence-electron chi connectivity index (χ2n) is 4.49. The molecular weight excluding hydrogens is 276 g/mol. The van der Waals surface area contributed by atoms with Crippen LogP contribution in [0.15, 0.2) is 18.2 Å². The largest absolute Gasteiger partial charge is 0.482 e. The predicted octanol–water partition coefficient (Wildman–Crippen LogP) is 0.699. The smallest absolute Gasteiger partial charge is 0.328 e. The van der Waals surface area contributed by atoms with Crippen molar-refractivity contribution in [1.29, 1.82) is 0 Å². The maximum absolute atomic E-state index is 12.1. The van der Waals surface area contributed by atoms with Crippen molar-refractivity contribution in [2.45, 2.75) is 19.9 Å². The van der Waals surface area contributed by atoms with E-state index < -0.39 is 17.9 Å². The van der Waals surface area contributed by atoms with Crippen molar-refractivity contribution in [2.24, 2.45) is 0 Å². The standard InChI is InChI=1S/C14H16N2O5/c1-3-20-14(19)8(2)15-13(18)9-4-5-10-11(6-9)21-7-12(17)16-10/h4-6,8H,3,7H2,1-2H3,(H,15,18)(H,16,17). The summed E-state index contributed by atoms with van der Waals surface area (Å²) in [7, 11) is 0. The van der Waals surface area contributed by atoms with Gasteiger partial charge < -0.3 is 20.1 Å². The van der Waals surface area contributed by atoms with Crippen molar-refractivity contribution in [3.63, 3.8) is 0 Å². The van der Waals surface area contributed by atoms with E-state index in [9.17, 15) is 14.4 Å².